The average Bonchev–Trinajstić information content (AvgIpc) is 0.670. The molecule has 18 nitrogen and oxygen atoms in total. The number of halogens is 11. The standard InChI is InChI=1S/4C12H8N2.C10H9F3O2.2C10H12N2.2C5H8O2.8ClH.4Eu.2Tb/c4*1-3-9-5-6-10-4-2-8-14-12(10)11(9)13-7-1;1-5-3-6(2)8(14)7(4-5)9(15)10(11,12)13;2*1-3-7-11-9(5-1)10-6-2-4-8-12-10;2*1-4(6)3-5(2)7;;;;;;;;;;;;;;/h4*1-8H;3-4,14H,1-2H3;2*1-4,7-10H,5-6H2;2*3,6H,1-2H3;8*1H;;;;;;/q;;;;;;;;;;;;;;;;;;;+2;+3;;+3/p-8. The summed E-state index contributed by atoms with van der Waals surface area (Å²) in [5.74, 6) is -2.75. The van der Waals surface area contributed by atoms with Gasteiger partial charge in [0.05, 0.1) is 85.4 Å². The monoisotopic (exact) mass is 2670 g/mol. The third-order valence-electron chi connectivity index (χ3n) is 16.5. The summed E-state index contributed by atoms with van der Waals surface area (Å²) in [7, 11) is 0. The van der Waals surface area contributed by atoms with Crippen LogP contribution in [0.25, 0.3) is 87.2 Å². The topological polar surface area (TPSA) is 264 Å². The molecule has 4 aliphatic heterocycles. The Balaban J connectivity index is -0.000000311. The van der Waals surface area contributed by atoms with Crippen molar-refractivity contribution in [2.75, 3.05) is 0 Å². The number of nitrogens with zero attached hydrogens (tertiary/aromatic N) is 12. The Kier molecular flexibility index (Phi) is 75.7. The van der Waals surface area contributed by atoms with Crippen molar-refractivity contribution in [1.29, 1.82) is 0 Å². The Morgan fingerprint density at radius 1 is 0.374 bits per heavy atom. The summed E-state index contributed by atoms with van der Waals surface area (Å²) in [6.45, 7) is 8.69. The number of ketones is 3. The van der Waals surface area contributed by atoms with Crippen LogP contribution in [0.5, 0.6) is 5.75 Å². The van der Waals surface area contributed by atoms with E-state index in [0.717, 1.165) is 119 Å². The molecule has 0 spiro atoms. The van der Waals surface area contributed by atoms with Gasteiger partial charge in [0, 0.05) is 267 Å². The quantitative estimate of drug-likeness (QED) is 0.0636. The first-order valence-electron chi connectivity index (χ1n) is 35.0. The largest absolute Gasteiger partial charge is 3.00 e. The number of benzene rings is 5. The van der Waals surface area contributed by atoms with Gasteiger partial charge in [-0.1, -0.05) is 127 Å². The number of pyridine rings is 8. The summed E-state index contributed by atoms with van der Waals surface area (Å²) in [6.07, 6.45) is 40.1. The number of allylic oxidation sites excluding steroid dienone is 8. The molecule has 0 aliphatic carbocycles. The third kappa shape index (κ3) is 43.4. The van der Waals surface area contributed by atoms with Crippen molar-refractivity contribution in [2.24, 2.45) is 20.0 Å². The molecule has 4 aliphatic rings. The molecule has 0 bridgehead atoms. The summed E-state index contributed by atoms with van der Waals surface area (Å²) in [6, 6.07) is 52.6. The van der Waals surface area contributed by atoms with Crippen molar-refractivity contribution < 1.29 is 417 Å². The molecule has 0 amide bonds. The third-order valence-corrected chi connectivity index (χ3v) is 16.5. The number of dihydropyridines is 4. The van der Waals surface area contributed by atoms with Gasteiger partial charge >= 0.3 is 144 Å². The van der Waals surface area contributed by atoms with E-state index in [1.165, 1.54) is 52.8 Å². The first-order valence-corrected chi connectivity index (χ1v) is 35.0. The molecule has 0 saturated carbocycles. The summed E-state index contributed by atoms with van der Waals surface area (Å²) in [5.41, 5.74) is 7.88. The van der Waals surface area contributed by atoms with E-state index in [-0.39, 0.29) is 403 Å². The van der Waals surface area contributed by atoms with Crippen LogP contribution in [0.3, 0.4) is 0 Å². The molecule has 4 radical (unpaired) electrons. The van der Waals surface area contributed by atoms with E-state index in [0.29, 0.717) is 29.7 Å². The number of aryl methyl sites for hydroxylation is 2. The van der Waals surface area contributed by atoms with Crippen molar-refractivity contribution >= 4 is 129 Å². The van der Waals surface area contributed by atoms with Crippen LogP contribution < -0.4 is 99.3 Å². The normalized spacial score (nSPS) is 14.0. The van der Waals surface area contributed by atoms with Crippen molar-refractivity contribution in [2.45, 2.75) is 97.6 Å². The van der Waals surface area contributed by atoms with Gasteiger partial charge in [-0.3, -0.25) is 74.2 Å². The first kappa shape index (κ1) is 132. The molecule has 4 unspecified atom stereocenters. The van der Waals surface area contributed by atoms with Crippen LogP contribution >= 0.6 is 0 Å². The maximum Gasteiger partial charge on any atom is 3.00 e. The molecule has 17 rings (SSSR count). The molecule has 4 atom stereocenters. The van der Waals surface area contributed by atoms with Gasteiger partial charge in [-0.15, -0.1) is 0 Å². The molecule has 13 aromatic rings. The maximum absolute atomic E-state index is 12.1. The second-order valence-corrected chi connectivity index (χ2v) is 25.1. The predicted molar refractivity (Wildman–Crippen MR) is 434 cm³/mol. The van der Waals surface area contributed by atoms with Crippen molar-refractivity contribution in [3.8, 4) is 5.75 Å². The Labute approximate surface area is 987 Å². The number of Topliss-reactive ketones (excluding diaryl/α,β-unsaturated/α-hetero) is 1. The van der Waals surface area contributed by atoms with Gasteiger partial charge < -0.3 is 115 Å². The van der Waals surface area contributed by atoms with Gasteiger partial charge in [0.2, 0.25) is 0 Å². The van der Waals surface area contributed by atoms with Crippen LogP contribution in [0, 0.1) is 289 Å². The number of aromatic hydroxyl groups is 1. The van der Waals surface area contributed by atoms with Gasteiger partial charge in [-0.2, -0.15) is 13.2 Å². The number of hydrogen-bond acceptors (Lipinski definition) is 18. The van der Waals surface area contributed by atoms with Crippen molar-refractivity contribution in [3.63, 3.8) is 0 Å². The zero-order chi connectivity index (χ0) is 77.5. The molecule has 35 heteroatoms. The molecule has 0 fully saturated rings. The van der Waals surface area contributed by atoms with Gasteiger partial charge in [0.15, 0.2) is 11.6 Å². The van der Waals surface area contributed by atoms with Crippen molar-refractivity contribution in [1.82, 2.24) is 39.9 Å². The Morgan fingerprint density at radius 3 is 0.715 bits per heavy atom. The van der Waals surface area contributed by atoms with Gasteiger partial charge in [-0.25, -0.2) is 0 Å². The minimum atomic E-state index is -4.96. The average molecular weight is 2670 g/mol. The summed E-state index contributed by atoms with van der Waals surface area (Å²) >= 11 is 0. The molecule has 12 heterocycles. The predicted octanol–water partition coefficient (Wildman–Crippen LogP) is -4.44. The Hall–Kier alpha value is -2.07. The minimum absolute atomic E-state index is 0. The molecule has 5 aromatic carbocycles. The SMILES string of the molecule is C1=CCC(C2CC=CC=N2)N=C1.C1=CCC(C2CC=CC=N2)N=C1.CC(=O)C=C(C)O.CC(=O)C=C(C)O.Cc1cc(C)c(O)c(C(=O)C(F)(F)F)c1.[Cl-].[Cl-].[Cl-].[Cl-].[Cl-].[Cl-].[Cl-].[Cl-].[Eu+2].[Eu+3].[Eu].[Eu].[Tb+3].[Tb].c1cnc2c(c1)ccc1cccnc12.c1cnc2c(c1)ccc1cccnc12.c1cnc2c(c1)ccc1cccnc12.c1cnc2c(c1)ccc1cccnc12. The van der Waals surface area contributed by atoms with E-state index < -0.39 is 23.3 Å². The van der Waals surface area contributed by atoms with Crippen molar-refractivity contribution in [3.05, 3.63) is 296 Å². The summed E-state index contributed by atoms with van der Waals surface area (Å²) < 4.78 is 36.4. The van der Waals surface area contributed by atoms with E-state index in [9.17, 15) is 32.7 Å². The number of aromatic nitrogens is 8. The number of phenolic OH excluding ortho intramolecular Hbond substituents is 1. The van der Waals surface area contributed by atoms with Gasteiger partial charge in [0.1, 0.15) is 5.75 Å². The van der Waals surface area contributed by atoms with Crippen LogP contribution in [0.2, 0.25) is 0 Å². The number of carbonyl (C=O) groups is 3. The van der Waals surface area contributed by atoms with E-state index in [2.05, 4.69) is 181 Å². The number of phenols is 1. The number of aliphatic hydroxyl groups is 2. The van der Waals surface area contributed by atoms with Crippen LogP contribution in [0.15, 0.2) is 300 Å². The molecule has 8 aromatic heterocycles. The van der Waals surface area contributed by atoms with Crippen LogP contribution in [0.1, 0.15) is 74.9 Å². The number of fused-ring (bicyclic) bond motifs is 12. The molecule has 3 N–H and O–H groups in total. The van der Waals surface area contributed by atoms with E-state index >= 15 is 0 Å². The fraction of sp³-hybridized carbons (Fsp3) is 0.170. The smallest absolute Gasteiger partial charge is 1.00 e. The van der Waals surface area contributed by atoms with Crippen LogP contribution in [0.4, 0.5) is 13.2 Å². The number of alkyl halides is 3. The Bertz CT molecular complexity index is 4930. The molecular formula is C88H81Cl8Eu4F3N12O6Tb2. The molecular weight excluding hydrogens is 2590 g/mol. The molecule has 652 valence electrons. The fourth-order valence-electron chi connectivity index (χ4n) is 11.6. The first-order chi connectivity index (χ1) is 52.7. The molecule has 0 saturated heterocycles. The number of aliphatic imine (C=N–C) groups is 4. The maximum atomic E-state index is 12.1. The summed E-state index contributed by atoms with van der Waals surface area (Å²) in [4.78, 5) is 83.3. The zero-order valence-electron chi connectivity index (χ0n) is 66.1. The fourth-order valence-corrected chi connectivity index (χ4v) is 11.6. The number of rotatable bonds is 5. The molecule has 123 heavy (non-hydrogen) atoms. The summed E-state index contributed by atoms with van der Waals surface area (Å²) in [5, 5.41) is 35.2. The van der Waals surface area contributed by atoms with Crippen LogP contribution in [-0.2, 0) is 9.59 Å². The van der Waals surface area contributed by atoms with Gasteiger partial charge in [0.25, 0.3) is 5.78 Å². The zero-order valence-corrected chi connectivity index (χ0v) is 86.1. The van der Waals surface area contributed by atoms with E-state index in [1.807, 2.05) is 97.7 Å². The second-order valence-electron chi connectivity index (χ2n) is 25.1. The van der Waals surface area contributed by atoms with E-state index in [1.54, 1.807) is 56.5 Å². The van der Waals surface area contributed by atoms with Crippen LogP contribution in [-0.4, -0.2) is 128 Å². The minimum Gasteiger partial charge on any atom is -1.00 e. The van der Waals surface area contributed by atoms with E-state index in [4.69, 9.17) is 10.2 Å². The Morgan fingerprint density at radius 2 is 0.569 bits per heavy atom. The number of aliphatic hydroxyl groups excluding tert-OH is 2. The van der Waals surface area contributed by atoms with Gasteiger partial charge in [-0.05, 0) is 157 Å². The second kappa shape index (κ2) is 70.7. The number of hydrogen-bond donors (Lipinski definition) is 3. The number of carbonyl (C=O) groups excluding carboxylic acids is 3.